The Balaban J connectivity index is 1.55. The van der Waals surface area contributed by atoms with E-state index >= 15 is 0 Å². The van der Waals surface area contributed by atoms with Crippen LogP contribution in [0.2, 0.25) is 0 Å². The van der Waals surface area contributed by atoms with Gasteiger partial charge >= 0.3 is 0 Å². The molecule has 2 aromatic carbocycles. The monoisotopic (exact) mass is 531 g/mol. The molecule has 0 unspecified atom stereocenters. The molecule has 8 heteroatoms. The molecule has 0 radical (unpaired) electrons. The summed E-state index contributed by atoms with van der Waals surface area (Å²) in [6.45, 7) is 4.83. The van der Waals surface area contributed by atoms with Gasteiger partial charge in [-0.2, -0.15) is 10.2 Å². The van der Waals surface area contributed by atoms with Crippen molar-refractivity contribution in [2.24, 2.45) is 5.10 Å². The number of hydrogen-bond acceptors (Lipinski definition) is 5. The van der Waals surface area contributed by atoms with E-state index in [1.54, 1.807) is 10.9 Å². The predicted octanol–water partition coefficient (Wildman–Crippen LogP) is 6.04. The number of benzene rings is 2. The number of hydrazone groups is 1. The fourth-order valence-electron chi connectivity index (χ4n) is 4.07. The average Bonchev–Trinajstić information content (AvgIpc) is 3.39. The third kappa shape index (κ3) is 10.4. The number of nitrogens with one attached hydrogen (secondary N) is 2. The third-order valence-electron chi connectivity index (χ3n) is 6.21. The van der Waals surface area contributed by atoms with Crippen molar-refractivity contribution < 1.29 is 14.3 Å². The molecule has 2 amide bonds. The van der Waals surface area contributed by atoms with Crippen LogP contribution in [0.3, 0.4) is 0 Å². The standard InChI is InChI=1S/C31H41N5O3/c1-3-5-6-7-8-9-13-16-29(37)32-23-30(38)34-33-22-26-24-36(27-14-11-10-12-15-27)35-31(26)25-17-19-28(20-18-25)39-21-4-2/h10-12,14-15,17-20,22,24H,3-9,13,16,21,23H2,1-2H3,(H,32,37)(H,34,38)/b33-22-. The van der Waals surface area contributed by atoms with E-state index in [-0.39, 0.29) is 18.4 Å². The zero-order valence-corrected chi connectivity index (χ0v) is 23.2. The Morgan fingerprint density at radius 1 is 0.897 bits per heavy atom. The first-order valence-electron chi connectivity index (χ1n) is 14.1. The summed E-state index contributed by atoms with van der Waals surface area (Å²) in [4.78, 5) is 24.3. The Morgan fingerprint density at radius 3 is 2.33 bits per heavy atom. The Labute approximate surface area is 231 Å². The van der Waals surface area contributed by atoms with Crippen LogP contribution in [0, 0.1) is 0 Å². The second-order valence-electron chi connectivity index (χ2n) is 9.53. The number of hydrogen-bond donors (Lipinski definition) is 2. The SMILES string of the molecule is CCCCCCCCCC(=O)NCC(=O)N/N=C\c1cn(-c2ccccc2)nc1-c1ccc(OCCC)cc1. The van der Waals surface area contributed by atoms with E-state index in [1.807, 2.05) is 60.8 Å². The highest BCUT2D eigenvalue weighted by molar-refractivity contribution is 5.90. The minimum Gasteiger partial charge on any atom is -0.494 e. The zero-order valence-electron chi connectivity index (χ0n) is 23.2. The smallest absolute Gasteiger partial charge is 0.259 e. The molecule has 0 atom stereocenters. The number of nitrogens with zero attached hydrogens (tertiary/aromatic N) is 3. The van der Waals surface area contributed by atoms with Crippen molar-refractivity contribution in [2.45, 2.75) is 71.6 Å². The topological polar surface area (TPSA) is 97.6 Å². The van der Waals surface area contributed by atoms with E-state index in [2.05, 4.69) is 29.7 Å². The van der Waals surface area contributed by atoms with E-state index in [9.17, 15) is 9.59 Å². The van der Waals surface area contributed by atoms with E-state index in [4.69, 9.17) is 9.84 Å². The van der Waals surface area contributed by atoms with Crippen molar-refractivity contribution in [1.82, 2.24) is 20.5 Å². The molecule has 1 heterocycles. The molecule has 1 aromatic heterocycles. The zero-order chi connectivity index (χ0) is 27.7. The first-order chi connectivity index (χ1) is 19.1. The molecule has 2 N–H and O–H groups in total. The molecule has 3 rings (SSSR count). The molecule has 0 aliphatic carbocycles. The highest BCUT2D eigenvalue weighted by atomic mass is 16.5. The van der Waals surface area contributed by atoms with Gasteiger partial charge in [0.25, 0.3) is 5.91 Å². The van der Waals surface area contributed by atoms with Crippen LogP contribution >= 0.6 is 0 Å². The van der Waals surface area contributed by atoms with Crippen LogP contribution in [0.25, 0.3) is 16.9 Å². The van der Waals surface area contributed by atoms with Crippen molar-refractivity contribution in [1.29, 1.82) is 0 Å². The van der Waals surface area contributed by atoms with Gasteiger partial charge < -0.3 is 10.1 Å². The van der Waals surface area contributed by atoms with Gasteiger partial charge in [0.15, 0.2) is 0 Å². The maximum absolute atomic E-state index is 12.2. The van der Waals surface area contributed by atoms with Crippen LogP contribution < -0.4 is 15.5 Å². The number of unbranched alkanes of at least 4 members (excludes halogenated alkanes) is 6. The fourth-order valence-corrected chi connectivity index (χ4v) is 4.07. The summed E-state index contributed by atoms with van der Waals surface area (Å²) in [5.41, 5.74) is 5.78. The van der Waals surface area contributed by atoms with Crippen molar-refractivity contribution in [3.8, 4) is 22.7 Å². The van der Waals surface area contributed by atoms with Gasteiger partial charge in [0.05, 0.1) is 25.1 Å². The molecule has 39 heavy (non-hydrogen) atoms. The third-order valence-corrected chi connectivity index (χ3v) is 6.21. The lowest BCUT2D eigenvalue weighted by Crippen LogP contribution is -2.34. The number of carbonyl (C=O) groups excluding carboxylic acids is 2. The average molecular weight is 532 g/mol. The van der Waals surface area contributed by atoms with E-state index in [0.29, 0.717) is 13.0 Å². The highest BCUT2D eigenvalue weighted by Gasteiger charge is 2.12. The maximum Gasteiger partial charge on any atom is 0.259 e. The normalized spacial score (nSPS) is 11.0. The van der Waals surface area contributed by atoms with Gasteiger partial charge in [-0.3, -0.25) is 9.59 Å². The molecular formula is C31H41N5O3. The molecule has 0 saturated carbocycles. The Kier molecular flexibility index (Phi) is 12.8. The van der Waals surface area contributed by atoms with Crippen molar-refractivity contribution in [3.05, 3.63) is 66.4 Å². The summed E-state index contributed by atoms with van der Waals surface area (Å²) in [6.07, 6.45) is 12.9. The fraction of sp³-hybridized carbons (Fsp3) is 0.419. The molecule has 0 fully saturated rings. The lowest BCUT2D eigenvalue weighted by atomic mass is 10.1. The quantitative estimate of drug-likeness (QED) is 0.126. The van der Waals surface area contributed by atoms with Crippen LogP contribution in [0.5, 0.6) is 5.75 Å². The molecule has 0 saturated heterocycles. The number of ether oxygens (including phenoxy) is 1. The lowest BCUT2D eigenvalue weighted by molar-refractivity contribution is -0.126. The predicted molar refractivity (Wildman–Crippen MR) is 156 cm³/mol. The minimum absolute atomic E-state index is 0.109. The van der Waals surface area contributed by atoms with Gasteiger partial charge in [0.2, 0.25) is 5.91 Å². The molecule has 8 nitrogen and oxygen atoms in total. The second kappa shape index (κ2) is 16.8. The van der Waals surface area contributed by atoms with Crippen LogP contribution in [0.4, 0.5) is 0 Å². The number of aromatic nitrogens is 2. The Bertz CT molecular complexity index is 1170. The van der Waals surface area contributed by atoms with Crippen molar-refractivity contribution >= 4 is 18.0 Å². The van der Waals surface area contributed by atoms with E-state index < -0.39 is 0 Å². The summed E-state index contributed by atoms with van der Waals surface area (Å²) < 4.78 is 7.48. The molecule has 0 bridgehead atoms. The summed E-state index contributed by atoms with van der Waals surface area (Å²) in [5.74, 6) is 0.314. The van der Waals surface area contributed by atoms with E-state index in [0.717, 1.165) is 53.9 Å². The van der Waals surface area contributed by atoms with Crippen LogP contribution in [-0.2, 0) is 9.59 Å². The summed E-state index contributed by atoms with van der Waals surface area (Å²) in [6, 6.07) is 17.5. The van der Waals surface area contributed by atoms with Crippen molar-refractivity contribution in [3.63, 3.8) is 0 Å². The number of amides is 2. The van der Waals surface area contributed by atoms with E-state index in [1.165, 1.54) is 25.7 Å². The largest absolute Gasteiger partial charge is 0.494 e. The molecular weight excluding hydrogens is 490 g/mol. The number of carbonyl (C=O) groups is 2. The maximum atomic E-state index is 12.2. The molecule has 3 aromatic rings. The minimum atomic E-state index is -0.381. The molecule has 0 aliphatic rings. The number of para-hydroxylation sites is 1. The number of rotatable bonds is 17. The molecule has 208 valence electrons. The van der Waals surface area contributed by atoms with Crippen LogP contribution in [0.15, 0.2) is 65.9 Å². The first kappa shape index (κ1) is 29.6. The van der Waals surface area contributed by atoms with Gasteiger partial charge in [0, 0.05) is 23.7 Å². The summed E-state index contributed by atoms with van der Waals surface area (Å²) >= 11 is 0. The molecule has 0 spiro atoms. The summed E-state index contributed by atoms with van der Waals surface area (Å²) in [7, 11) is 0. The van der Waals surface area contributed by atoms with Crippen molar-refractivity contribution in [2.75, 3.05) is 13.2 Å². The van der Waals surface area contributed by atoms with Gasteiger partial charge in [0.1, 0.15) is 11.4 Å². The highest BCUT2D eigenvalue weighted by Crippen LogP contribution is 2.25. The van der Waals surface area contributed by atoms with Gasteiger partial charge in [-0.05, 0) is 49.2 Å². The summed E-state index contributed by atoms with van der Waals surface area (Å²) in [5, 5.41) is 11.6. The van der Waals surface area contributed by atoms with Gasteiger partial charge in [-0.15, -0.1) is 0 Å². The Morgan fingerprint density at radius 2 is 1.62 bits per heavy atom. The second-order valence-corrected chi connectivity index (χ2v) is 9.53. The van der Waals surface area contributed by atoms with Gasteiger partial charge in [-0.1, -0.05) is 70.6 Å². The van der Waals surface area contributed by atoms with Crippen LogP contribution in [0.1, 0.15) is 77.2 Å². The first-order valence-corrected chi connectivity index (χ1v) is 14.1. The lowest BCUT2D eigenvalue weighted by Gasteiger charge is -2.05. The Hall–Kier alpha value is -3.94. The van der Waals surface area contributed by atoms with Gasteiger partial charge in [-0.25, -0.2) is 10.1 Å². The molecule has 0 aliphatic heterocycles. The van der Waals surface area contributed by atoms with Crippen LogP contribution in [-0.4, -0.2) is 41.0 Å².